The Labute approximate surface area is 50.3 Å². The highest BCUT2D eigenvalue weighted by Gasteiger charge is 1.95. The molecule has 2 N–H and O–H groups in total. The minimum absolute atomic E-state index is 0.138. The Bertz CT molecular complexity index is 84.1. The summed E-state index contributed by atoms with van der Waals surface area (Å²) in [5, 5.41) is 4.46. The number of carbonyl (C=O) groups is 1. The Morgan fingerprint density at radius 1 is 1.62 bits per heavy atom. The summed E-state index contributed by atoms with van der Waals surface area (Å²) < 4.78 is 0. The third kappa shape index (κ3) is 3.52. The molecule has 0 unspecified atom stereocenters. The van der Waals surface area contributed by atoms with Gasteiger partial charge in [-0.1, -0.05) is 0 Å². The quantitative estimate of drug-likeness (QED) is 0.452. The smallest absolute Gasteiger partial charge is 0.302 e. The average molecular weight is 112 g/mol. The molecule has 3 nitrogen and oxygen atoms in total. The molecule has 0 heterocycles. The molecule has 0 aliphatic heterocycles. The molecule has 0 aliphatic carbocycles. The molecule has 4 heteroatoms. The molecule has 0 bridgehead atoms. The van der Waals surface area contributed by atoms with Gasteiger partial charge in [0.05, 0.1) is 0 Å². The molecule has 0 spiro atoms. The van der Waals surface area contributed by atoms with Crippen molar-refractivity contribution in [2.45, 2.75) is 19.9 Å². The number of nitrogens with one attached hydrogen (secondary N) is 2. The predicted octanol–water partition coefficient (Wildman–Crippen LogP) is -0.223. The van der Waals surface area contributed by atoms with E-state index < -0.39 is 0 Å². The minimum atomic E-state index is -0.347. The highest BCUT2D eigenvalue weighted by molar-refractivity contribution is 6.13. The fourth-order valence-electron chi connectivity index (χ4n) is 0.304. The largest absolute Gasteiger partial charge is 0.392 e. The van der Waals surface area contributed by atoms with Crippen molar-refractivity contribution in [2.75, 3.05) is 0 Å². The molecule has 0 saturated heterocycles. The first-order chi connectivity index (χ1) is 3.66. The second kappa shape index (κ2) is 3.35. The van der Waals surface area contributed by atoms with Crippen LogP contribution in [0.1, 0.15) is 13.8 Å². The first kappa shape index (κ1) is 7.33. The summed E-state index contributed by atoms with van der Waals surface area (Å²) in [5.41, 5.74) is 0. The number of hydrogen-bond donors (Lipinski definition) is 2. The van der Waals surface area contributed by atoms with Crippen LogP contribution in [0.25, 0.3) is 0 Å². The van der Waals surface area contributed by atoms with Crippen LogP contribution in [0.2, 0.25) is 0 Å². The number of urea groups is 1. The van der Waals surface area contributed by atoms with Crippen LogP contribution in [0, 0.1) is 0 Å². The second-order valence-corrected chi connectivity index (χ2v) is 1.77. The molecule has 2 amide bonds. The van der Waals surface area contributed by atoms with Crippen molar-refractivity contribution >= 4 is 14.0 Å². The van der Waals surface area contributed by atoms with E-state index in [1.54, 1.807) is 0 Å². The maximum absolute atomic E-state index is 10.3. The molecule has 0 aromatic heterocycles. The lowest BCUT2D eigenvalue weighted by atomic mass is 10.4. The molecular formula is C4H9BN2O. The first-order valence-electron chi connectivity index (χ1n) is 2.44. The molecule has 8 heavy (non-hydrogen) atoms. The van der Waals surface area contributed by atoms with E-state index in [-0.39, 0.29) is 12.1 Å². The molecule has 2 radical (unpaired) electrons. The highest BCUT2D eigenvalue weighted by atomic mass is 16.2. The van der Waals surface area contributed by atoms with E-state index in [0.717, 1.165) is 0 Å². The standard InChI is InChI=1S/C4H9BN2O/c1-3(2)6-4(8)7-5/h3H,1-2H3,(H2,6,7,8). The van der Waals surface area contributed by atoms with Gasteiger partial charge in [0.1, 0.15) is 0 Å². The van der Waals surface area contributed by atoms with E-state index in [1.807, 2.05) is 19.1 Å². The van der Waals surface area contributed by atoms with Crippen LogP contribution in [0.5, 0.6) is 0 Å². The molecule has 0 saturated carbocycles. The lowest BCUT2D eigenvalue weighted by molar-refractivity contribution is 0.244. The van der Waals surface area contributed by atoms with E-state index in [1.165, 1.54) is 0 Å². The summed E-state index contributed by atoms with van der Waals surface area (Å²) in [4.78, 5) is 10.3. The maximum atomic E-state index is 10.3. The second-order valence-electron chi connectivity index (χ2n) is 1.77. The molecule has 0 atom stereocenters. The van der Waals surface area contributed by atoms with E-state index in [0.29, 0.717) is 0 Å². The third-order valence-corrected chi connectivity index (χ3v) is 0.551. The van der Waals surface area contributed by atoms with Gasteiger partial charge in [0.2, 0.25) is 7.98 Å². The van der Waals surface area contributed by atoms with E-state index in [9.17, 15) is 4.79 Å². The van der Waals surface area contributed by atoms with Crippen molar-refractivity contribution in [2.24, 2.45) is 0 Å². The van der Waals surface area contributed by atoms with Crippen molar-refractivity contribution in [3.05, 3.63) is 0 Å². The molecule has 0 rings (SSSR count). The fourth-order valence-corrected chi connectivity index (χ4v) is 0.304. The van der Waals surface area contributed by atoms with Gasteiger partial charge in [-0.25, -0.2) is 0 Å². The van der Waals surface area contributed by atoms with Crippen molar-refractivity contribution in [1.82, 2.24) is 10.5 Å². The van der Waals surface area contributed by atoms with E-state index in [2.05, 4.69) is 5.32 Å². The molecule has 0 aromatic carbocycles. The van der Waals surface area contributed by atoms with Crippen molar-refractivity contribution < 1.29 is 4.79 Å². The monoisotopic (exact) mass is 112 g/mol. The van der Waals surface area contributed by atoms with Crippen LogP contribution in [0.4, 0.5) is 4.79 Å². The summed E-state index contributed by atoms with van der Waals surface area (Å²) >= 11 is 0. The Morgan fingerprint density at radius 3 is 2.25 bits per heavy atom. The summed E-state index contributed by atoms with van der Waals surface area (Å²) in [5.74, 6) is 0. The van der Waals surface area contributed by atoms with E-state index in [4.69, 9.17) is 7.98 Å². The first-order valence-corrected chi connectivity index (χ1v) is 2.44. The highest BCUT2D eigenvalue weighted by Crippen LogP contribution is 1.73. The van der Waals surface area contributed by atoms with Crippen LogP contribution in [-0.4, -0.2) is 20.1 Å². The number of amides is 2. The minimum Gasteiger partial charge on any atom is -0.392 e. The van der Waals surface area contributed by atoms with Crippen LogP contribution in [0.15, 0.2) is 0 Å². The van der Waals surface area contributed by atoms with Crippen molar-refractivity contribution in [3.63, 3.8) is 0 Å². The van der Waals surface area contributed by atoms with Gasteiger partial charge in [-0.2, -0.15) is 0 Å². The van der Waals surface area contributed by atoms with Gasteiger partial charge in [0.15, 0.2) is 0 Å². The summed E-state index contributed by atoms with van der Waals surface area (Å²) in [6, 6.07) is -0.210. The summed E-state index contributed by atoms with van der Waals surface area (Å²) in [6.07, 6.45) is 0. The maximum Gasteiger partial charge on any atom is 0.302 e. The Balaban J connectivity index is 3.25. The van der Waals surface area contributed by atoms with Gasteiger partial charge in [-0.15, -0.1) is 0 Å². The van der Waals surface area contributed by atoms with Crippen molar-refractivity contribution in [3.8, 4) is 0 Å². The van der Waals surface area contributed by atoms with Gasteiger partial charge in [-0.05, 0) is 13.8 Å². The lowest BCUT2D eigenvalue weighted by Crippen LogP contribution is -2.37. The third-order valence-electron chi connectivity index (χ3n) is 0.551. The molecular weight excluding hydrogens is 103 g/mol. The van der Waals surface area contributed by atoms with Gasteiger partial charge in [0.25, 0.3) is 0 Å². The molecule has 0 aliphatic rings. The summed E-state index contributed by atoms with van der Waals surface area (Å²) in [7, 11) is 4.76. The number of rotatable bonds is 1. The van der Waals surface area contributed by atoms with Gasteiger partial charge in [0, 0.05) is 6.04 Å². The lowest BCUT2D eigenvalue weighted by Gasteiger charge is -2.05. The summed E-state index contributed by atoms with van der Waals surface area (Å²) in [6.45, 7) is 3.71. The van der Waals surface area contributed by atoms with Crippen LogP contribution in [-0.2, 0) is 0 Å². The molecule has 0 fully saturated rings. The van der Waals surface area contributed by atoms with Crippen LogP contribution < -0.4 is 10.5 Å². The Morgan fingerprint density at radius 2 is 2.12 bits per heavy atom. The molecule has 44 valence electrons. The SMILES string of the molecule is [B]NC(=O)NC(C)C. The number of hydrogen-bond acceptors (Lipinski definition) is 1. The topological polar surface area (TPSA) is 41.1 Å². The van der Waals surface area contributed by atoms with Crippen molar-refractivity contribution in [1.29, 1.82) is 0 Å². The predicted molar refractivity (Wildman–Crippen MR) is 32.6 cm³/mol. The van der Waals surface area contributed by atoms with E-state index >= 15 is 0 Å². The van der Waals surface area contributed by atoms with Gasteiger partial charge in [-0.3, -0.25) is 4.79 Å². The fraction of sp³-hybridized carbons (Fsp3) is 0.750. The van der Waals surface area contributed by atoms with Crippen LogP contribution in [0.3, 0.4) is 0 Å². The zero-order chi connectivity index (χ0) is 6.57. The van der Waals surface area contributed by atoms with Crippen LogP contribution >= 0.6 is 0 Å². The van der Waals surface area contributed by atoms with Gasteiger partial charge >= 0.3 is 6.03 Å². The Kier molecular flexibility index (Phi) is 3.07. The zero-order valence-electron chi connectivity index (χ0n) is 5.06. The Hall–Kier alpha value is -0.665. The molecule has 0 aromatic rings. The average Bonchev–Trinajstić information content (AvgIpc) is 1.65. The normalized spacial score (nSPS) is 8.88. The van der Waals surface area contributed by atoms with Gasteiger partial charge < -0.3 is 10.5 Å². The zero-order valence-corrected chi connectivity index (χ0v) is 5.06. The number of carbonyl (C=O) groups excluding carboxylic acids is 1.